The fraction of sp³-hybridized carbons (Fsp3) is 0.0256. The predicted molar refractivity (Wildman–Crippen MR) is 177 cm³/mol. The zero-order valence-electron chi connectivity index (χ0n) is 24.1. The van der Waals surface area contributed by atoms with E-state index in [2.05, 4.69) is 60.5 Å². The Morgan fingerprint density at radius 3 is 1.53 bits per heavy atom. The van der Waals surface area contributed by atoms with Gasteiger partial charge in [0.15, 0.2) is 0 Å². The standard InChI is InChI=1S/C39H28N2O4/c1-2-24-7-18-34-32(21-24)31-5-3-4-6-33(31)39(34,25-8-12-27(13-9-25)44-29-16-19-37(42)35(40)22-29)26-10-14-28(15-11-26)45-30-17-20-38(43)36(41)23-30/h1,3-23,42-43H,40-41H2. The number of nitrogen functional groups attached to an aromatic ring is 2. The van der Waals surface area contributed by atoms with Crippen molar-refractivity contribution in [3.63, 3.8) is 0 Å². The lowest BCUT2D eigenvalue weighted by atomic mass is 9.67. The molecule has 0 radical (unpaired) electrons. The normalized spacial score (nSPS) is 12.5. The quantitative estimate of drug-likeness (QED) is 0.0886. The lowest BCUT2D eigenvalue weighted by molar-refractivity contribution is 0.466. The summed E-state index contributed by atoms with van der Waals surface area (Å²) < 4.78 is 12.1. The highest BCUT2D eigenvalue weighted by Crippen LogP contribution is 2.56. The molecule has 7 rings (SSSR count). The molecule has 218 valence electrons. The second-order valence-corrected chi connectivity index (χ2v) is 10.9. The van der Waals surface area contributed by atoms with Crippen LogP contribution in [0, 0.1) is 12.3 Å². The van der Waals surface area contributed by atoms with Crippen LogP contribution in [0.5, 0.6) is 34.5 Å². The van der Waals surface area contributed by atoms with Crippen LogP contribution >= 0.6 is 0 Å². The molecule has 1 aliphatic carbocycles. The van der Waals surface area contributed by atoms with E-state index in [1.807, 2.05) is 36.4 Å². The van der Waals surface area contributed by atoms with Gasteiger partial charge in [0.2, 0.25) is 0 Å². The van der Waals surface area contributed by atoms with Crippen molar-refractivity contribution in [2.24, 2.45) is 0 Å². The fourth-order valence-corrected chi connectivity index (χ4v) is 6.17. The summed E-state index contributed by atoms with van der Waals surface area (Å²) in [4.78, 5) is 0. The van der Waals surface area contributed by atoms with Gasteiger partial charge >= 0.3 is 0 Å². The number of rotatable bonds is 6. The molecule has 0 saturated carbocycles. The van der Waals surface area contributed by atoms with Crippen molar-refractivity contribution in [2.75, 3.05) is 11.5 Å². The molecule has 0 aromatic heterocycles. The molecule has 6 heteroatoms. The summed E-state index contributed by atoms with van der Waals surface area (Å²) in [5.74, 6) is 5.12. The molecule has 0 heterocycles. The minimum atomic E-state index is -0.665. The zero-order valence-corrected chi connectivity index (χ0v) is 24.1. The largest absolute Gasteiger partial charge is 0.506 e. The number of anilines is 2. The van der Waals surface area contributed by atoms with Crippen LogP contribution in [0.15, 0.2) is 127 Å². The van der Waals surface area contributed by atoms with Crippen LogP contribution in [0.2, 0.25) is 0 Å². The van der Waals surface area contributed by atoms with E-state index in [1.54, 1.807) is 24.3 Å². The zero-order chi connectivity index (χ0) is 31.1. The Hall–Kier alpha value is -6.32. The Morgan fingerprint density at radius 1 is 0.533 bits per heavy atom. The van der Waals surface area contributed by atoms with Crippen molar-refractivity contribution in [3.05, 3.63) is 155 Å². The predicted octanol–water partition coefficient (Wildman–Crippen LogP) is 8.19. The molecule has 6 nitrogen and oxygen atoms in total. The van der Waals surface area contributed by atoms with Crippen molar-refractivity contribution >= 4 is 11.4 Å². The third kappa shape index (κ3) is 4.64. The van der Waals surface area contributed by atoms with Crippen LogP contribution in [0.3, 0.4) is 0 Å². The summed E-state index contributed by atoms with van der Waals surface area (Å²) in [5.41, 5.74) is 18.9. The average molecular weight is 589 g/mol. The maximum Gasteiger partial charge on any atom is 0.138 e. The molecule has 0 spiro atoms. The molecule has 0 amide bonds. The Morgan fingerprint density at radius 2 is 1.02 bits per heavy atom. The summed E-state index contributed by atoms with van der Waals surface area (Å²) in [6.45, 7) is 0. The summed E-state index contributed by atoms with van der Waals surface area (Å²) in [6.07, 6.45) is 5.83. The molecule has 0 atom stereocenters. The van der Waals surface area contributed by atoms with Gasteiger partial charge in [-0.25, -0.2) is 0 Å². The van der Waals surface area contributed by atoms with Crippen LogP contribution in [0.25, 0.3) is 11.1 Å². The Kier molecular flexibility index (Phi) is 6.57. The van der Waals surface area contributed by atoms with Gasteiger partial charge in [-0.1, -0.05) is 60.5 Å². The van der Waals surface area contributed by atoms with Crippen molar-refractivity contribution in [2.45, 2.75) is 5.41 Å². The fourth-order valence-electron chi connectivity index (χ4n) is 6.17. The summed E-state index contributed by atoms with van der Waals surface area (Å²) in [5, 5.41) is 19.6. The number of aromatic hydroxyl groups is 2. The molecule has 6 aromatic carbocycles. The van der Waals surface area contributed by atoms with Crippen molar-refractivity contribution in [1.29, 1.82) is 0 Å². The molecular weight excluding hydrogens is 560 g/mol. The summed E-state index contributed by atoms with van der Waals surface area (Å²) >= 11 is 0. The summed E-state index contributed by atoms with van der Waals surface area (Å²) in [6, 6.07) is 40.2. The van der Waals surface area contributed by atoms with Crippen LogP contribution in [0.4, 0.5) is 11.4 Å². The van der Waals surface area contributed by atoms with E-state index in [9.17, 15) is 10.2 Å². The van der Waals surface area contributed by atoms with Crippen molar-refractivity contribution in [3.8, 4) is 58.0 Å². The molecule has 0 unspecified atom stereocenters. The molecule has 0 bridgehead atoms. The van der Waals surface area contributed by atoms with Gasteiger partial charge in [-0.05, 0) is 94.0 Å². The number of nitrogens with two attached hydrogens (primary N) is 2. The first-order valence-electron chi connectivity index (χ1n) is 14.3. The smallest absolute Gasteiger partial charge is 0.138 e. The number of fused-ring (bicyclic) bond motifs is 3. The first kappa shape index (κ1) is 27.5. The van der Waals surface area contributed by atoms with Crippen molar-refractivity contribution in [1.82, 2.24) is 0 Å². The van der Waals surface area contributed by atoms with Crippen LogP contribution < -0.4 is 20.9 Å². The van der Waals surface area contributed by atoms with Gasteiger partial charge in [-0.3, -0.25) is 0 Å². The van der Waals surface area contributed by atoms with Gasteiger partial charge in [-0.2, -0.15) is 0 Å². The number of benzene rings is 6. The molecule has 1 aliphatic rings. The highest BCUT2D eigenvalue weighted by Gasteiger charge is 2.46. The van der Waals surface area contributed by atoms with Gasteiger partial charge in [0, 0.05) is 17.7 Å². The van der Waals surface area contributed by atoms with Gasteiger partial charge in [-0.15, -0.1) is 6.42 Å². The molecular formula is C39H28N2O4. The van der Waals surface area contributed by atoms with E-state index >= 15 is 0 Å². The number of hydrogen-bond donors (Lipinski definition) is 4. The number of terminal acetylenes is 1. The Balaban J connectivity index is 1.35. The summed E-state index contributed by atoms with van der Waals surface area (Å²) in [7, 11) is 0. The minimum absolute atomic E-state index is 0.00908. The topological polar surface area (TPSA) is 111 Å². The van der Waals surface area contributed by atoms with E-state index in [4.69, 9.17) is 27.4 Å². The Labute approximate surface area is 260 Å². The lowest BCUT2D eigenvalue weighted by Gasteiger charge is -2.34. The second kappa shape index (κ2) is 10.7. The lowest BCUT2D eigenvalue weighted by Crippen LogP contribution is -2.28. The number of phenolic OH excluding ortho intramolecular Hbond substituents is 2. The molecule has 45 heavy (non-hydrogen) atoms. The highest BCUT2D eigenvalue weighted by atomic mass is 16.5. The van der Waals surface area contributed by atoms with Crippen LogP contribution in [0.1, 0.15) is 27.8 Å². The third-order valence-corrected chi connectivity index (χ3v) is 8.26. The van der Waals surface area contributed by atoms with E-state index < -0.39 is 5.41 Å². The van der Waals surface area contributed by atoms with E-state index in [1.165, 1.54) is 12.1 Å². The molecule has 6 aromatic rings. The average Bonchev–Trinajstić information content (AvgIpc) is 3.36. The molecule has 0 saturated heterocycles. The number of hydrogen-bond acceptors (Lipinski definition) is 6. The van der Waals surface area contributed by atoms with Gasteiger partial charge in [0.25, 0.3) is 0 Å². The molecule has 0 aliphatic heterocycles. The molecule has 6 N–H and O–H groups in total. The minimum Gasteiger partial charge on any atom is -0.506 e. The van der Waals surface area contributed by atoms with E-state index in [0.717, 1.165) is 38.9 Å². The third-order valence-electron chi connectivity index (χ3n) is 8.26. The van der Waals surface area contributed by atoms with Crippen LogP contribution in [-0.4, -0.2) is 10.2 Å². The van der Waals surface area contributed by atoms with Gasteiger partial charge in [0.05, 0.1) is 16.8 Å². The second-order valence-electron chi connectivity index (χ2n) is 10.9. The first-order chi connectivity index (χ1) is 21.9. The maximum absolute atomic E-state index is 9.80. The SMILES string of the molecule is C#Cc1ccc2c(c1)-c1ccccc1C2(c1ccc(Oc2ccc(O)c(N)c2)cc1)c1ccc(Oc2ccc(O)c(N)c2)cc1. The van der Waals surface area contributed by atoms with E-state index in [-0.39, 0.29) is 22.9 Å². The van der Waals surface area contributed by atoms with Crippen molar-refractivity contribution < 1.29 is 19.7 Å². The van der Waals surface area contributed by atoms with Gasteiger partial charge in [0.1, 0.15) is 34.5 Å². The maximum atomic E-state index is 9.80. The van der Waals surface area contributed by atoms with Gasteiger partial charge < -0.3 is 31.2 Å². The highest BCUT2D eigenvalue weighted by molar-refractivity contribution is 5.87. The molecule has 0 fully saturated rings. The Bertz CT molecular complexity index is 2020. The first-order valence-corrected chi connectivity index (χ1v) is 14.3. The monoisotopic (exact) mass is 588 g/mol. The van der Waals surface area contributed by atoms with E-state index in [0.29, 0.717) is 23.0 Å². The number of ether oxygens (including phenoxy) is 2. The van der Waals surface area contributed by atoms with Crippen LogP contribution in [-0.2, 0) is 5.41 Å². The number of phenols is 2.